The van der Waals surface area contributed by atoms with Gasteiger partial charge in [0.1, 0.15) is 17.6 Å². The summed E-state index contributed by atoms with van der Waals surface area (Å²) in [6.07, 6.45) is 0.563. The normalized spacial score (nSPS) is 44.6. The van der Waals surface area contributed by atoms with Crippen LogP contribution in [-0.4, -0.2) is 62.8 Å². The molecule has 9 atom stereocenters. The van der Waals surface area contributed by atoms with E-state index in [0.29, 0.717) is 31.2 Å². The van der Waals surface area contributed by atoms with Crippen LogP contribution >= 0.6 is 0 Å². The van der Waals surface area contributed by atoms with Gasteiger partial charge in [-0.05, 0) is 66.9 Å². The molecule has 6 aliphatic rings. The summed E-state index contributed by atoms with van der Waals surface area (Å²) >= 11 is 0. The van der Waals surface area contributed by atoms with Crippen LogP contribution in [0.3, 0.4) is 0 Å². The maximum Gasteiger partial charge on any atom is 0.338 e. The Labute approximate surface area is 220 Å². The lowest BCUT2D eigenvalue weighted by atomic mass is 9.35. The van der Waals surface area contributed by atoms with Gasteiger partial charge in [-0.25, -0.2) is 4.79 Å². The number of carbonyl (C=O) groups excluding carboxylic acids is 2. The van der Waals surface area contributed by atoms with E-state index in [0.717, 1.165) is 10.9 Å². The number of aliphatic hydroxyl groups is 3. The van der Waals surface area contributed by atoms with Gasteiger partial charge in [0.15, 0.2) is 5.78 Å². The monoisotopic (exact) mass is 519 g/mol. The van der Waals surface area contributed by atoms with Gasteiger partial charge in [0.05, 0.1) is 23.8 Å². The molecule has 200 valence electrons. The number of ketones is 1. The molecule has 0 amide bonds. The number of Topliss-reactive ketones (excluding diaryl/α,β-unsaturated/α-hetero) is 1. The highest BCUT2D eigenvalue weighted by molar-refractivity contribution is 6.06. The highest BCUT2D eigenvalue weighted by atomic mass is 16.6. The van der Waals surface area contributed by atoms with Gasteiger partial charge in [-0.3, -0.25) is 9.78 Å². The Morgan fingerprint density at radius 2 is 1.97 bits per heavy atom. The van der Waals surface area contributed by atoms with Crippen LogP contribution in [0.5, 0.6) is 0 Å². The van der Waals surface area contributed by atoms with Gasteiger partial charge in [-0.15, -0.1) is 0 Å². The molecule has 8 heteroatoms. The van der Waals surface area contributed by atoms with Crippen LogP contribution in [0, 0.1) is 34.0 Å². The largest absolute Gasteiger partial charge is 0.457 e. The van der Waals surface area contributed by atoms with Crippen molar-refractivity contribution in [3.05, 3.63) is 54.2 Å². The van der Waals surface area contributed by atoms with Crippen molar-refractivity contribution in [3.8, 4) is 0 Å². The minimum Gasteiger partial charge on any atom is -0.457 e. The van der Waals surface area contributed by atoms with Crippen LogP contribution in [0.4, 0.5) is 0 Å². The molecule has 6 fully saturated rings. The van der Waals surface area contributed by atoms with E-state index in [2.05, 4.69) is 11.6 Å². The van der Waals surface area contributed by atoms with Gasteiger partial charge >= 0.3 is 5.97 Å². The van der Waals surface area contributed by atoms with Crippen molar-refractivity contribution in [1.29, 1.82) is 0 Å². The Hall–Kier alpha value is -2.65. The number of nitrogens with zero attached hydrogens (tertiary/aromatic N) is 1. The number of rotatable bonds is 2. The summed E-state index contributed by atoms with van der Waals surface area (Å²) in [6, 6.07) is 8.69. The number of aromatic nitrogens is 1. The van der Waals surface area contributed by atoms with E-state index >= 15 is 0 Å². The number of hydrogen-bond donors (Lipinski definition) is 3. The third-order valence-electron chi connectivity index (χ3n) is 10.9. The number of fused-ring (bicyclic) bond motifs is 3. The molecule has 38 heavy (non-hydrogen) atoms. The summed E-state index contributed by atoms with van der Waals surface area (Å²) in [5, 5.41) is 36.4. The minimum atomic E-state index is -2.27. The van der Waals surface area contributed by atoms with Crippen LogP contribution in [0.25, 0.3) is 10.9 Å². The van der Waals surface area contributed by atoms with E-state index in [9.17, 15) is 24.9 Å². The molecular weight excluding hydrogens is 486 g/mol. The zero-order chi connectivity index (χ0) is 26.8. The van der Waals surface area contributed by atoms with Crippen LogP contribution in [0.15, 0.2) is 48.7 Å². The fourth-order valence-electron chi connectivity index (χ4n) is 9.42. The SMILES string of the molecule is C=C1C(=O)[C@]23[C@H](OC(=O)c4ccc5ncccc5c4)[C@H]1CC[C@H]2[C@@]12CO[C@]3(O)[C@@H](O)[C@@H]1C(C)(C)CC[C@@H]2O. The molecule has 4 aliphatic carbocycles. The summed E-state index contributed by atoms with van der Waals surface area (Å²) < 4.78 is 12.2. The molecule has 1 aromatic carbocycles. The average molecular weight is 520 g/mol. The molecule has 2 aliphatic heterocycles. The van der Waals surface area contributed by atoms with Gasteiger partial charge in [0.2, 0.25) is 5.79 Å². The second kappa shape index (κ2) is 7.50. The molecule has 3 N–H and O–H groups in total. The predicted molar refractivity (Wildman–Crippen MR) is 136 cm³/mol. The number of benzene rings is 1. The standard InChI is InChI=1S/C30H33NO7/c1-15-18-7-9-20-28-14-37-30(36,24(34)22(28)27(2,3)11-10-21(28)32)29(20,23(15)33)25(18)38-26(35)17-6-8-19-16(13-17)5-4-12-31-19/h4-6,8,12-13,18,20-22,24-25,32,34,36H,1,7,9-11,14H2,2-3H3/t18-,20-,21-,22+,24-,25+,28+,29-,30+/m0/s1. The van der Waals surface area contributed by atoms with E-state index in [-0.39, 0.29) is 12.2 Å². The molecule has 2 spiro atoms. The van der Waals surface area contributed by atoms with E-state index in [1.54, 1.807) is 30.5 Å². The van der Waals surface area contributed by atoms with Crippen LogP contribution in [0.1, 0.15) is 49.9 Å². The zero-order valence-electron chi connectivity index (χ0n) is 21.6. The predicted octanol–water partition coefficient (Wildman–Crippen LogP) is 2.79. The van der Waals surface area contributed by atoms with E-state index < -0.39 is 69.9 Å². The lowest BCUT2D eigenvalue weighted by Crippen LogP contribution is -2.85. The lowest BCUT2D eigenvalue weighted by Gasteiger charge is -2.74. The van der Waals surface area contributed by atoms with Gasteiger partial charge in [0, 0.05) is 28.8 Å². The molecule has 4 bridgehead atoms. The van der Waals surface area contributed by atoms with E-state index in [4.69, 9.17) is 9.47 Å². The molecule has 8 rings (SSSR count). The molecule has 0 radical (unpaired) electrons. The van der Waals surface area contributed by atoms with Crippen LogP contribution in [0.2, 0.25) is 0 Å². The topological polar surface area (TPSA) is 126 Å². The highest BCUT2D eigenvalue weighted by Gasteiger charge is 2.87. The minimum absolute atomic E-state index is 0.0327. The van der Waals surface area contributed by atoms with Crippen molar-refractivity contribution < 1.29 is 34.4 Å². The molecule has 2 saturated heterocycles. The fraction of sp³-hybridized carbons (Fsp3) is 0.567. The second-order valence-corrected chi connectivity index (χ2v) is 12.8. The quantitative estimate of drug-likeness (QED) is 0.409. The Morgan fingerprint density at radius 3 is 2.76 bits per heavy atom. The van der Waals surface area contributed by atoms with E-state index in [1.807, 2.05) is 19.9 Å². The molecule has 1 aromatic heterocycles. The first-order chi connectivity index (χ1) is 18.0. The summed E-state index contributed by atoms with van der Waals surface area (Å²) in [4.78, 5) is 32.1. The van der Waals surface area contributed by atoms with Crippen LogP contribution < -0.4 is 0 Å². The summed E-state index contributed by atoms with van der Waals surface area (Å²) in [5.74, 6) is -4.88. The molecule has 8 nitrogen and oxygen atoms in total. The third-order valence-corrected chi connectivity index (χ3v) is 10.9. The van der Waals surface area contributed by atoms with Crippen molar-refractivity contribution >= 4 is 22.7 Å². The van der Waals surface area contributed by atoms with Crippen molar-refractivity contribution in [2.75, 3.05) is 6.61 Å². The first-order valence-corrected chi connectivity index (χ1v) is 13.5. The maximum absolute atomic E-state index is 14.2. The van der Waals surface area contributed by atoms with Crippen LogP contribution in [-0.2, 0) is 14.3 Å². The fourth-order valence-corrected chi connectivity index (χ4v) is 9.42. The molecule has 0 unspecified atom stereocenters. The number of pyridine rings is 1. The first-order valence-electron chi connectivity index (χ1n) is 13.5. The zero-order valence-corrected chi connectivity index (χ0v) is 21.6. The first kappa shape index (κ1) is 24.4. The lowest BCUT2D eigenvalue weighted by molar-refractivity contribution is -0.457. The Kier molecular flexibility index (Phi) is 4.82. The Bertz CT molecular complexity index is 1400. The van der Waals surface area contributed by atoms with Gasteiger partial charge in [-0.1, -0.05) is 26.5 Å². The number of carbonyl (C=O) groups is 2. The van der Waals surface area contributed by atoms with Crippen molar-refractivity contribution in [3.63, 3.8) is 0 Å². The smallest absolute Gasteiger partial charge is 0.338 e. The molecule has 4 saturated carbocycles. The van der Waals surface area contributed by atoms with Gasteiger partial charge < -0.3 is 24.8 Å². The molecule has 2 aromatic rings. The highest BCUT2D eigenvalue weighted by Crippen LogP contribution is 2.76. The van der Waals surface area contributed by atoms with E-state index in [1.165, 1.54) is 0 Å². The van der Waals surface area contributed by atoms with Crippen molar-refractivity contribution in [2.24, 2.45) is 34.0 Å². The number of ether oxygens (including phenoxy) is 2. The molecule has 3 heterocycles. The number of hydrogen-bond acceptors (Lipinski definition) is 8. The number of aliphatic hydroxyl groups excluding tert-OH is 2. The summed E-state index contributed by atoms with van der Waals surface area (Å²) in [5.41, 5.74) is -1.80. The van der Waals surface area contributed by atoms with Crippen molar-refractivity contribution in [1.82, 2.24) is 4.98 Å². The second-order valence-electron chi connectivity index (χ2n) is 12.8. The van der Waals surface area contributed by atoms with Crippen molar-refractivity contribution in [2.45, 2.75) is 63.6 Å². The van der Waals surface area contributed by atoms with Gasteiger partial charge in [0.25, 0.3) is 0 Å². The third kappa shape index (κ3) is 2.58. The Balaban J connectivity index is 1.37. The summed E-state index contributed by atoms with van der Waals surface area (Å²) in [7, 11) is 0. The Morgan fingerprint density at radius 1 is 1.18 bits per heavy atom. The number of esters is 1. The van der Waals surface area contributed by atoms with Gasteiger partial charge in [-0.2, -0.15) is 0 Å². The molecular formula is C30H33NO7. The summed E-state index contributed by atoms with van der Waals surface area (Å²) in [6.45, 7) is 8.18. The average Bonchev–Trinajstić information content (AvgIpc) is 3.01. The maximum atomic E-state index is 14.2.